The molecule has 1 aromatic rings. The third-order valence-corrected chi connectivity index (χ3v) is 3.86. The van der Waals surface area contributed by atoms with E-state index in [-0.39, 0.29) is 17.6 Å². The SMILES string of the molecule is Cc1ccc(C(O)C2=CC(C)(C(=O)O)CC(C(=O)O)=C2)cc1. The molecule has 2 atom stereocenters. The maximum absolute atomic E-state index is 11.4. The van der Waals surface area contributed by atoms with Crippen LogP contribution in [0.5, 0.6) is 0 Å². The lowest BCUT2D eigenvalue weighted by atomic mass is 9.76. The van der Waals surface area contributed by atoms with Gasteiger partial charge >= 0.3 is 11.9 Å². The van der Waals surface area contributed by atoms with Gasteiger partial charge in [0.2, 0.25) is 0 Å². The fourth-order valence-corrected chi connectivity index (χ4v) is 2.48. The number of aliphatic hydroxyl groups excluding tert-OH is 1. The van der Waals surface area contributed by atoms with Crippen molar-refractivity contribution in [2.24, 2.45) is 5.41 Å². The van der Waals surface area contributed by atoms with E-state index in [0.717, 1.165) is 5.56 Å². The number of benzene rings is 1. The number of rotatable bonds is 4. The van der Waals surface area contributed by atoms with Crippen molar-refractivity contribution in [2.45, 2.75) is 26.4 Å². The highest BCUT2D eigenvalue weighted by atomic mass is 16.4. The van der Waals surface area contributed by atoms with Crippen molar-refractivity contribution in [3.05, 3.63) is 58.7 Å². The van der Waals surface area contributed by atoms with Crippen LogP contribution in [0.4, 0.5) is 0 Å². The molecule has 1 aliphatic carbocycles. The Morgan fingerprint density at radius 1 is 1.18 bits per heavy atom. The molecule has 0 saturated carbocycles. The monoisotopic (exact) mass is 302 g/mol. The Bertz CT molecular complexity index is 669. The van der Waals surface area contributed by atoms with E-state index in [0.29, 0.717) is 5.56 Å². The molecule has 0 saturated heterocycles. The van der Waals surface area contributed by atoms with Gasteiger partial charge in [-0.25, -0.2) is 4.79 Å². The summed E-state index contributed by atoms with van der Waals surface area (Å²) < 4.78 is 0. The van der Waals surface area contributed by atoms with Crippen molar-refractivity contribution in [2.75, 3.05) is 0 Å². The Kier molecular flexibility index (Phi) is 4.19. The summed E-state index contributed by atoms with van der Waals surface area (Å²) in [6.07, 6.45) is 1.62. The van der Waals surface area contributed by atoms with Crippen LogP contribution >= 0.6 is 0 Å². The first-order valence-corrected chi connectivity index (χ1v) is 6.87. The van der Waals surface area contributed by atoms with Crippen molar-refractivity contribution in [3.63, 3.8) is 0 Å². The number of carboxylic acid groups (broad SMARTS) is 2. The molecule has 0 aliphatic heterocycles. The zero-order chi connectivity index (χ0) is 16.5. The molecular formula is C17H18O5. The van der Waals surface area contributed by atoms with Crippen LogP contribution in [-0.4, -0.2) is 27.3 Å². The molecule has 0 bridgehead atoms. The van der Waals surface area contributed by atoms with Crippen molar-refractivity contribution < 1.29 is 24.9 Å². The second-order valence-electron chi connectivity index (χ2n) is 5.83. The average Bonchev–Trinajstić information content (AvgIpc) is 2.46. The van der Waals surface area contributed by atoms with Gasteiger partial charge in [-0.3, -0.25) is 4.79 Å². The van der Waals surface area contributed by atoms with Gasteiger partial charge in [0.05, 0.1) is 5.41 Å². The summed E-state index contributed by atoms with van der Waals surface area (Å²) in [5.74, 6) is -2.29. The molecule has 2 rings (SSSR count). The van der Waals surface area contributed by atoms with Crippen LogP contribution in [0.2, 0.25) is 0 Å². The molecule has 1 aromatic carbocycles. The molecule has 3 N–H and O–H groups in total. The number of hydrogen-bond donors (Lipinski definition) is 3. The summed E-state index contributed by atoms with van der Waals surface area (Å²) in [6.45, 7) is 3.37. The van der Waals surface area contributed by atoms with Crippen LogP contribution in [0.3, 0.4) is 0 Å². The first-order valence-electron chi connectivity index (χ1n) is 6.87. The Balaban J connectivity index is 2.45. The van der Waals surface area contributed by atoms with Crippen LogP contribution < -0.4 is 0 Å². The summed E-state index contributed by atoms with van der Waals surface area (Å²) >= 11 is 0. The van der Waals surface area contributed by atoms with E-state index in [1.807, 2.05) is 19.1 Å². The Morgan fingerprint density at radius 2 is 1.77 bits per heavy atom. The van der Waals surface area contributed by atoms with E-state index < -0.39 is 23.5 Å². The number of hydrogen-bond acceptors (Lipinski definition) is 3. The van der Waals surface area contributed by atoms with Gasteiger partial charge in [-0.2, -0.15) is 0 Å². The van der Waals surface area contributed by atoms with E-state index in [1.165, 1.54) is 19.1 Å². The molecule has 0 fully saturated rings. The molecule has 0 spiro atoms. The number of aliphatic hydroxyl groups is 1. The van der Waals surface area contributed by atoms with Crippen LogP contribution in [0, 0.1) is 12.3 Å². The number of aryl methyl sites for hydroxylation is 1. The Hall–Kier alpha value is -2.40. The highest BCUT2D eigenvalue weighted by Crippen LogP contribution is 2.38. The molecule has 0 amide bonds. The van der Waals surface area contributed by atoms with E-state index in [2.05, 4.69) is 0 Å². The van der Waals surface area contributed by atoms with Crippen molar-refractivity contribution in [3.8, 4) is 0 Å². The molecule has 2 unspecified atom stereocenters. The summed E-state index contributed by atoms with van der Waals surface area (Å²) in [7, 11) is 0. The van der Waals surface area contributed by atoms with Crippen molar-refractivity contribution >= 4 is 11.9 Å². The molecule has 0 aromatic heterocycles. The Morgan fingerprint density at radius 3 is 2.27 bits per heavy atom. The van der Waals surface area contributed by atoms with Gasteiger partial charge in [-0.15, -0.1) is 0 Å². The lowest BCUT2D eigenvalue weighted by Gasteiger charge is -2.28. The summed E-state index contributed by atoms with van der Waals surface area (Å²) in [6, 6.07) is 7.14. The lowest BCUT2D eigenvalue weighted by molar-refractivity contribution is -0.145. The summed E-state index contributed by atoms with van der Waals surface area (Å²) in [5, 5.41) is 29.0. The minimum Gasteiger partial charge on any atom is -0.481 e. The van der Waals surface area contributed by atoms with Gasteiger partial charge in [0.15, 0.2) is 0 Å². The summed E-state index contributed by atoms with van der Waals surface area (Å²) in [4.78, 5) is 22.7. The highest BCUT2D eigenvalue weighted by molar-refractivity contribution is 5.90. The van der Waals surface area contributed by atoms with E-state index in [1.54, 1.807) is 12.1 Å². The van der Waals surface area contributed by atoms with Gasteiger partial charge in [0.25, 0.3) is 0 Å². The number of carboxylic acids is 2. The van der Waals surface area contributed by atoms with E-state index in [9.17, 15) is 24.9 Å². The van der Waals surface area contributed by atoms with Gasteiger partial charge in [0.1, 0.15) is 6.10 Å². The van der Waals surface area contributed by atoms with Gasteiger partial charge < -0.3 is 15.3 Å². The smallest absolute Gasteiger partial charge is 0.331 e. The fraction of sp³-hybridized carbons (Fsp3) is 0.294. The second-order valence-corrected chi connectivity index (χ2v) is 5.83. The molecule has 22 heavy (non-hydrogen) atoms. The van der Waals surface area contributed by atoms with Crippen LogP contribution in [0.25, 0.3) is 0 Å². The average molecular weight is 302 g/mol. The molecule has 0 heterocycles. The third kappa shape index (κ3) is 3.09. The molecule has 1 aliphatic rings. The molecular weight excluding hydrogens is 284 g/mol. The molecule has 116 valence electrons. The maximum atomic E-state index is 11.4. The van der Waals surface area contributed by atoms with Gasteiger partial charge in [0, 0.05) is 5.57 Å². The zero-order valence-electron chi connectivity index (χ0n) is 12.4. The molecule has 5 heteroatoms. The largest absolute Gasteiger partial charge is 0.481 e. The minimum absolute atomic E-state index is 0.0199. The van der Waals surface area contributed by atoms with Crippen LogP contribution in [0.15, 0.2) is 47.6 Å². The van der Waals surface area contributed by atoms with Crippen LogP contribution in [0.1, 0.15) is 30.6 Å². The van der Waals surface area contributed by atoms with Crippen molar-refractivity contribution in [1.82, 2.24) is 0 Å². The zero-order valence-corrected chi connectivity index (χ0v) is 12.4. The predicted octanol–water partition coefficient (Wildman–Crippen LogP) is 2.46. The standard InChI is InChI=1S/C17H18O5/c1-10-3-5-11(6-4-10)14(18)12-7-13(15(19)20)9-17(2,8-12)16(21)22/h3-8,14,18H,9H2,1-2H3,(H,19,20)(H,21,22). The second kappa shape index (κ2) is 5.77. The molecule has 5 nitrogen and oxygen atoms in total. The molecule has 0 radical (unpaired) electrons. The lowest BCUT2D eigenvalue weighted by Crippen LogP contribution is -2.30. The third-order valence-electron chi connectivity index (χ3n) is 3.86. The summed E-state index contributed by atoms with van der Waals surface area (Å²) in [5.41, 5.74) is 0.549. The number of aliphatic carboxylic acids is 2. The first kappa shape index (κ1) is 16.0. The first-order chi connectivity index (χ1) is 10.2. The normalized spacial score (nSPS) is 22.5. The fourth-order valence-electron chi connectivity index (χ4n) is 2.48. The number of carbonyl (C=O) groups is 2. The van der Waals surface area contributed by atoms with E-state index >= 15 is 0 Å². The van der Waals surface area contributed by atoms with Crippen molar-refractivity contribution in [1.29, 1.82) is 0 Å². The highest BCUT2D eigenvalue weighted by Gasteiger charge is 2.37. The van der Waals surface area contributed by atoms with Crippen LogP contribution in [-0.2, 0) is 9.59 Å². The topological polar surface area (TPSA) is 94.8 Å². The maximum Gasteiger partial charge on any atom is 0.331 e. The Labute approximate surface area is 128 Å². The van der Waals surface area contributed by atoms with Gasteiger partial charge in [-0.05, 0) is 37.5 Å². The van der Waals surface area contributed by atoms with E-state index in [4.69, 9.17) is 0 Å². The van der Waals surface area contributed by atoms with Gasteiger partial charge in [-0.1, -0.05) is 35.9 Å². The quantitative estimate of drug-likeness (QED) is 0.794. The minimum atomic E-state index is -1.34. The predicted molar refractivity (Wildman–Crippen MR) is 80.3 cm³/mol.